The maximum absolute atomic E-state index is 10.8. The zero-order valence-corrected chi connectivity index (χ0v) is 8.33. The van der Waals surface area contributed by atoms with E-state index in [2.05, 4.69) is 11.1 Å². The molecule has 5 heteroatoms. The van der Waals surface area contributed by atoms with Crippen molar-refractivity contribution in [1.29, 1.82) is 0 Å². The molecule has 0 aromatic carbocycles. The molecule has 1 aromatic heterocycles. The van der Waals surface area contributed by atoms with Crippen molar-refractivity contribution in [2.45, 2.75) is 6.42 Å². The number of rotatable bonds is 1. The van der Waals surface area contributed by atoms with Gasteiger partial charge in [-0.3, -0.25) is 4.98 Å². The van der Waals surface area contributed by atoms with Crippen LogP contribution >= 0.6 is 11.3 Å². The summed E-state index contributed by atoms with van der Waals surface area (Å²) in [6.07, 6.45) is 3.81. The van der Waals surface area contributed by atoms with Crippen LogP contribution in [0.1, 0.15) is 11.3 Å². The number of thiazole rings is 1. The highest BCUT2D eigenvalue weighted by Gasteiger charge is 2.18. The molecule has 0 saturated heterocycles. The van der Waals surface area contributed by atoms with Crippen molar-refractivity contribution in [3.63, 3.8) is 0 Å². The predicted octanol–water partition coefficient (Wildman–Crippen LogP) is 1.91. The smallest absolute Gasteiger partial charge is 0.407 e. The van der Waals surface area contributed by atoms with Gasteiger partial charge in [0.2, 0.25) is 0 Å². The maximum Gasteiger partial charge on any atom is 0.407 e. The second-order valence-electron chi connectivity index (χ2n) is 3.09. The molecule has 1 N–H and O–H groups in total. The summed E-state index contributed by atoms with van der Waals surface area (Å²) in [5.41, 5.74) is 2.83. The van der Waals surface area contributed by atoms with Gasteiger partial charge >= 0.3 is 6.09 Å². The van der Waals surface area contributed by atoms with E-state index in [-0.39, 0.29) is 0 Å². The van der Waals surface area contributed by atoms with E-state index in [1.165, 1.54) is 4.90 Å². The van der Waals surface area contributed by atoms with Crippen LogP contribution in [0.15, 0.2) is 17.8 Å². The normalized spacial score (nSPS) is 16.6. The Labute approximate surface area is 85.5 Å². The third-order valence-electron chi connectivity index (χ3n) is 2.17. The van der Waals surface area contributed by atoms with E-state index in [4.69, 9.17) is 5.11 Å². The van der Waals surface area contributed by atoms with E-state index in [0.717, 1.165) is 16.9 Å². The lowest BCUT2D eigenvalue weighted by atomic mass is 10.1. The van der Waals surface area contributed by atoms with E-state index < -0.39 is 6.09 Å². The summed E-state index contributed by atoms with van der Waals surface area (Å²) in [4.78, 5) is 17.2. The van der Waals surface area contributed by atoms with Crippen molar-refractivity contribution in [1.82, 2.24) is 9.88 Å². The average molecular weight is 210 g/mol. The molecule has 2 rings (SSSR count). The average Bonchev–Trinajstić information content (AvgIpc) is 2.71. The van der Waals surface area contributed by atoms with Crippen LogP contribution in [0.3, 0.4) is 0 Å². The summed E-state index contributed by atoms with van der Waals surface area (Å²) in [7, 11) is 0. The molecule has 4 nitrogen and oxygen atoms in total. The first-order valence-electron chi connectivity index (χ1n) is 4.33. The Kier molecular flexibility index (Phi) is 2.49. The lowest BCUT2D eigenvalue weighted by molar-refractivity contribution is 0.150. The lowest BCUT2D eigenvalue weighted by Crippen LogP contribution is -2.33. The number of carbonyl (C=O) groups is 1. The second kappa shape index (κ2) is 3.79. The number of amides is 1. The van der Waals surface area contributed by atoms with Crippen molar-refractivity contribution < 1.29 is 9.90 Å². The van der Waals surface area contributed by atoms with Crippen molar-refractivity contribution in [3.8, 4) is 0 Å². The summed E-state index contributed by atoms with van der Waals surface area (Å²) in [6, 6.07) is 0. The van der Waals surface area contributed by atoms with Gasteiger partial charge in [0.25, 0.3) is 0 Å². The molecule has 14 heavy (non-hydrogen) atoms. The fraction of sp³-hybridized carbons (Fsp3) is 0.333. The fourth-order valence-corrected chi connectivity index (χ4v) is 2.12. The van der Waals surface area contributed by atoms with Gasteiger partial charge in [0.05, 0.1) is 16.9 Å². The molecular formula is C9H10N2O2S. The van der Waals surface area contributed by atoms with Crippen molar-refractivity contribution in [2.24, 2.45) is 0 Å². The molecule has 1 aromatic rings. The van der Waals surface area contributed by atoms with Crippen LogP contribution in [-0.2, 0) is 0 Å². The Morgan fingerprint density at radius 1 is 1.64 bits per heavy atom. The Balaban J connectivity index is 2.15. The molecule has 1 aliphatic rings. The van der Waals surface area contributed by atoms with E-state index >= 15 is 0 Å². The van der Waals surface area contributed by atoms with Gasteiger partial charge in [0.15, 0.2) is 0 Å². The first-order valence-corrected chi connectivity index (χ1v) is 5.21. The predicted molar refractivity (Wildman–Crippen MR) is 54.3 cm³/mol. The largest absolute Gasteiger partial charge is 0.465 e. The highest BCUT2D eigenvalue weighted by Crippen LogP contribution is 2.23. The SMILES string of the molecule is O=C(O)N1CCC=C(c2cncs2)C1. The molecule has 1 aliphatic heterocycles. The van der Waals surface area contributed by atoms with Crippen LogP contribution in [0, 0.1) is 0 Å². The number of aromatic nitrogens is 1. The highest BCUT2D eigenvalue weighted by atomic mass is 32.1. The molecule has 2 heterocycles. The van der Waals surface area contributed by atoms with Crippen molar-refractivity contribution >= 4 is 23.0 Å². The van der Waals surface area contributed by atoms with Gasteiger partial charge in [0.1, 0.15) is 0 Å². The molecule has 0 spiro atoms. The molecule has 0 saturated carbocycles. The van der Waals surface area contributed by atoms with Crippen molar-refractivity contribution in [2.75, 3.05) is 13.1 Å². The number of hydrogen-bond acceptors (Lipinski definition) is 3. The lowest BCUT2D eigenvalue weighted by Gasteiger charge is -2.23. The third kappa shape index (κ3) is 1.77. The summed E-state index contributed by atoms with van der Waals surface area (Å²) in [5.74, 6) is 0. The molecule has 0 aliphatic carbocycles. The summed E-state index contributed by atoms with van der Waals surface area (Å²) >= 11 is 1.54. The van der Waals surface area contributed by atoms with Crippen LogP contribution in [0.25, 0.3) is 5.57 Å². The summed E-state index contributed by atoms with van der Waals surface area (Å²) < 4.78 is 0. The second-order valence-corrected chi connectivity index (χ2v) is 3.97. The molecule has 1 amide bonds. The fourth-order valence-electron chi connectivity index (χ4n) is 1.46. The number of carboxylic acid groups (broad SMARTS) is 1. The number of hydrogen-bond donors (Lipinski definition) is 1. The molecule has 0 atom stereocenters. The Morgan fingerprint density at radius 2 is 2.50 bits per heavy atom. The first kappa shape index (κ1) is 9.21. The molecule has 74 valence electrons. The summed E-state index contributed by atoms with van der Waals surface area (Å²) in [5, 5.41) is 8.84. The van der Waals surface area contributed by atoms with Gasteiger partial charge in [-0.1, -0.05) is 6.08 Å². The van der Waals surface area contributed by atoms with Crippen LogP contribution in [0.4, 0.5) is 4.79 Å². The summed E-state index contributed by atoms with van der Waals surface area (Å²) in [6.45, 7) is 1.08. The first-order chi connectivity index (χ1) is 6.77. The van der Waals surface area contributed by atoms with Gasteiger partial charge in [0, 0.05) is 12.7 Å². The maximum atomic E-state index is 10.8. The minimum Gasteiger partial charge on any atom is -0.465 e. The van der Waals surface area contributed by atoms with Crippen LogP contribution < -0.4 is 0 Å². The van der Waals surface area contributed by atoms with E-state index in [1.54, 1.807) is 23.0 Å². The number of nitrogens with zero attached hydrogens (tertiary/aromatic N) is 2. The highest BCUT2D eigenvalue weighted by molar-refractivity contribution is 7.10. The van der Waals surface area contributed by atoms with Gasteiger partial charge in [-0.2, -0.15) is 0 Å². The zero-order chi connectivity index (χ0) is 9.97. The third-order valence-corrected chi connectivity index (χ3v) is 3.02. The Bertz CT molecular complexity index is 359. The molecular weight excluding hydrogens is 200 g/mol. The Morgan fingerprint density at radius 3 is 3.14 bits per heavy atom. The van der Waals surface area contributed by atoms with Crippen LogP contribution in [-0.4, -0.2) is 34.2 Å². The molecule has 0 fully saturated rings. The standard InChI is InChI=1S/C9H10N2O2S/c12-9(13)11-3-1-2-7(5-11)8-4-10-6-14-8/h2,4,6H,1,3,5H2,(H,12,13). The van der Waals surface area contributed by atoms with E-state index in [1.807, 2.05) is 0 Å². The quantitative estimate of drug-likeness (QED) is 0.770. The van der Waals surface area contributed by atoms with Crippen LogP contribution in [0.5, 0.6) is 0 Å². The van der Waals surface area contributed by atoms with Gasteiger partial charge in [-0.05, 0) is 12.0 Å². The zero-order valence-electron chi connectivity index (χ0n) is 7.51. The van der Waals surface area contributed by atoms with E-state index in [9.17, 15) is 4.79 Å². The molecule has 0 unspecified atom stereocenters. The monoisotopic (exact) mass is 210 g/mol. The molecule has 0 bridgehead atoms. The minimum absolute atomic E-state index is 0.484. The minimum atomic E-state index is -0.847. The van der Waals surface area contributed by atoms with Crippen molar-refractivity contribution in [3.05, 3.63) is 22.7 Å². The van der Waals surface area contributed by atoms with Gasteiger partial charge in [-0.25, -0.2) is 4.79 Å². The Hall–Kier alpha value is -1.36. The molecule has 0 radical (unpaired) electrons. The van der Waals surface area contributed by atoms with Crippen LogP contribution in [0.2, 0.25) is 0 Å². The topological polar surface area (TPSA) is 53.4 Å². The van der Waals surface area contributed by atoms with Gasteiger partial charge < -0.3 is 10.0 Å². The van der Waals surface area contributed by atoms with E-state index in [0.29, 0.717) is 13.1 Å². The van der Waals surface area contributed by atoms with Gasteiger partial charge in [-0.15, -0.1) is 11.3 Å².